The minimum Gasteiger partial charge on any atom is -0.486 e. The molecule has 3 rings (SSSR count). The molecular formula is C13H12O5S. The Labute approximate surface area is 113 Å². The average molecular weight is 280 g/mol. The maximum Gasteiger partial charge on any atom is 0.316 e. The quantitative estimate of drug-likeness (QED) is 0.838. The zero-order valence-corrected chi connectivity index (χ0v) is 10.9. The molecule has 0 aromatic heterocycles. The molecule has 100 valence electrons. The van der Waals surface area contributed by atoms with Crippen LogP contribution in [0.2, 0.25) is 0 Å². The highest BCUT2D eigenvalue weighted by atomic mass is 32.2. The number of carboxylic acids is 1. The van der Waals surface area contributed by atoms with Crippen molar-refractivity contribution < 1.29 is 24.2 Å². The van der Waals surface area contributed by atoms with E-state index in [4.69, 9.17) is 14.6 Å². The molecule has 1 aromatic rings. The highest BCUT2D eigenvalue weighted by Crippen LogP contribution is 2.36. The number of fused-ring (bicyclic) bond motifs is 2. The van der Waals surface area contributed by atoms with Gasteiger partial charge < -0.3 is 14.6 Å². The van der Waals surface area contributed by atoms with Crippen LogP contribution in [0.5, 0.6) is 11.5 Å². The van der Waals surface area contributed by atoms with Crippen LogP contribution in [-0.4, -0.2) is 41.1 Å². The molecule has 5 nitrogen and oxygen atoms in total. The fourth-order valence-corrected chi connectivity index (χ4v) is 3.18. The van der Waals surface area contributed by atoms with Crippen molar-refractivity contribution >= 4 is 23.5 Å². The molecule has 2 aliphatic heterocycles. The third-order valence-corrected chi connectivity index (χ3v) is 4.36. The maximum absolute atomic E-state index is 12.0. The molecule has 0 aliphatic carbocycles. The van der Waals surface area contributed by atoms with Crippen LogP contribution in [0, 0.1) is 0 Å². The highest BCUT2D eigenvalue weighted by molar-refractivity contribution is 8.01. The van der Waals surface area contributed by atoms with Gasteiger partial charge in [-0.2, -0.15) is 0 Å². The van der Waals surface area contributed by atoms with Gasteiger partial charge in [0.05, 0.1) is 5.75 Å². The molecule has 0 bridgehead atoms. The summed E-state index contributed by atoms with van der Waals surface area (Å²) in [5, 5.41) is 8.54. The molecule has 1 atom stereocenters. The van der Waals surface area contributed by atoms with E-state index in [0.29, 0.717) is 36.7 Å². The topological polar surface area (TPSA) is 72.8 Å². The molecule has 1 N–H and O–H groups in total. The molecular weight excluding hydrogens is 268 g/mol. The van der Waals surface area contributed by atoms with E-state index in [1.807, 2.05) is 0 Å². The van der Waals surface area contributed by atoms with Crippen molar-refractivity contribution in [3.8, 4) is 11.5 Å². The van der Waals surface area contributed by atoms with Crippen LogP contribution in [-0.2, 0) is 11.2 Å². The molecule has 19 heavy (non-hydrogen) atoms. The van der Waals surface area contributed by atoms with Crippen LogP contribution in [0.15, 0.2) is 12.1 Å². The Morgan fingerprint density at radius 2 is 1.95 bits per heavy atom. The van der Waals surface area contributed by atoms with Crippen molar-refractivity contribution in [2.45, 2.75) is 11.7 Å². The van der Waals surface area contributed by atoms with Gasteiger partial charge in [-0.1, -0.05) is 0 Å². The van der Waals surface area contributed by atoms with Crippen LogP contribution in [0.3, 0.4) is 0 Å². The van der Waals surface area contributed by atoms with Gasteiger partial charge in [0.1, 0.15) is 18.5 Å². The van der Waals surface area contributed by atoms with E-state index in [1.54, 1.807) is 12.1 Å². The molecule has 0 radical (unpaired) electrons. The van der Waals surface area contributed by atoms with Gasteiger partial charge in [-0.15, -0.1) is 11.8 Å². The lowest BCUT2D eigenvalue weighted by Crippen LogP contribution is -2.19. The Balaban J connectivity index is 2.04. The molecule has 2 heterocycles. The minimum atomic E-state index is -0.888. The van der Waals surface area contributed by atoms with E-state index < -0.39 is 11.2 Å². The predicted octanol–water partition coefficient (Wildman–Crippen LogP) is 1.38. The molecule has 6 heteroatoms. The number of aliphatic carboxylic acids is 1. The van der Waals surface area contributed by atoms with Crippen molar-refractivity contribution in [2.75, 3.05) is 19.0 Å². The second-order valence-electron chi connectivity index (χ2n) is 4.42. The van der Waals surface area contributed by atoms with E-state index in [0.717, 1.165) is 5.56 Å². The Morgan fingerprint density at radius 3 is 2.63 bits per heavy atom. The maximum atomic E-state index is 12.0. The van der Waals surface area contributed by atoms with Gasteiger partial charge in [-0.05, 0) is 24.1 Å². The third-order valence-electron chi connectivity index (χ3n) is 3.16. The fraction of sp³-hybridized carbons (Fsp3) is 0.385. The van der Waals surface area contributed by atoms with Crippen molar-refractivity contribution in [1.29, 1.82) is 0 Å². The number of hydrogen-bond donors (Lipinski definition) is 1. The smallest absolute Gasteiger partial charge is 0.316 e. The third kappa shape index (κ3) is 2.28. The van der Waals surface area contributed by atoms with Crippen molar-refractivity contribution in [2.24, 2.45) is 0 Å². The van der Waals surface area contributed by atoms with Crippen LogP contribution >= 0.6 is 11.8 Å². The number of rotatable bonds is 1. The number of thioether (sulfide) groups is 1. The van der Waals surface area contributed by atoms with E-state index in [1.165, 1.54) is 11.8 Å². The van der Waals surface area contributed by atoms with Gasteiger partial charge in [-0.25, -0.2) is 0 Å². The van der Waals surface area contributed by atoms with Crippen molar-refractivity contribution in [1.82, 2.24) is 0 Å². The normalized spacial score (nSPS) is 21.5. The van der Waals surface area contributed by atoms with Gasteiger partial charge in [0, 0.05) is 5.56 Å². The van der Waals surface area contributed by atoms with E-state index >= 15 is 0 Å². The lowest BCUT2D eigenvalue weighted by molar-refractivity contribution is -0.136. The van der Waals surface area contributed by atoms with Crippen LogP contribution < -0.4 is 9.47 Å². The molecule has 1 aromatic carbocycles. The zero-order valence-electron chi connectivity index (χ0n) is 10.0. The summed E-state index contributed by atoms with van der Waals surface area (Å²) >= 11 is 1.17. The monoisotopic (exact) mass is 280 g/mol. The number of hydrogen-bond acceptors (Lipinski definition) is 5. The second kappa shape index (κ2) is 4.77. The molecule has 1 unspecified atom stereocenters. The summed E-state index contributed by atoms with van der Waals surface area (Å²) in [5.74, 6) is 0.399. The Kier molecular flexibility index (Phi) is 3.10. The largest absolute Gasteiger partial charge is 0.486 e. The molecule has 0 spiro atoms. The minimum absolute atomic E-state index is 0.0549. The molecule has 0 amide bonds. The standard InChI is InChI=1S/C13H12O5S/c14-9-6-19-12(13(15)16)4-7-3-10-11(5-8(7)9)18-2-1-17-10/h3,5,12H,1-2,4,6H2,(H,15,16). The Hall–Kier alpha value is -1.69. The number of ether oxygens (including phenoxy) is 2. The SMILES string of the molecule is O=C1CSC(C(=O)O)Cc2cc3c(cc21)OCCO3. The number of carbonyl (C=O) groups excluding carboxylic acids is 1. The van der Waals surface area contributed by atoms with Gasteiger partial charge in [0.15, 0.2) is 17.3 Å². The summed E-state index contributed by atoms with van der Waals surface area (Å²) in [6.45, 7) is 0.934. The van der Waals surface area contributed by atoms with Crippen molar-refractivity contribution in [3.05, 3.63) is 23.3 Å². The van der Waals surface area contributed by atoms with Gasteiger partial charge in [0.2, 0.25) is 0 Å². The molecule has 0 saturated heterocycles. The number of carbonyl (C=O) groups is 2. The zero-order chi connectivity index (χ0) is 13.4. The summed E-state index contributed by atoms with van der Waals surface area (Å²) < 4.78 is 10.9. The summed E-state index contributed by atoms with van der Waals surface area (Å²) in [4.78, 5) is 23.2. The van der Waals surface area contributed by atoms with Crippen LogP contribution in [0.4, 0.5) is 0 Å². The van der Waals surface area contributed by atoms with Crippen LogP contribution in [0.25, 0.3) is 0 Å². The number of carboxylic acid groups (broad SMARTS) is 1. The van der Waals surface area contributed by atoms with E-state index in [2.05, 4.69) is 0 Å². The number of benzene rings is 1. The molecule has 0 fully saturated rings. The predicted molar refractivity (Wildman–Crippen MR) is 69.3 cm³/mol. The highest BCUT2D eigenvalue weighted by Gasteiger charge is 2.29. The second-order valence-corrected chi connectivity index (χ2v) is 5.61. The van der Waals surface area contributed by atoms with Crippen molar-refractivity contribution in [3.63, 3.8) is 0 Å². The van der Waals surface area contributed by atoms with Crippen LogP contribution in [0.1, 0.15) is 15.9 Å². The Morgan fingerprint density at radius 1 is 1.26 bits per heavy atom. The van der Waals surface area contributed by atoms with Gasteiger partial charge >= 0.3 is 5.97 Å². The Bertz CT molecular complexity index is 554. The van der Waals surface area contributed by atoms with E-state index in [9.17, 15) is 9.59 Å². The van der Waals surface area contributed by atoms with Gasteiger partial charge in [0.25, 0.3) is 0 Å². The summed E-state index contributed by atoms with van der Waals surface area (Å²) in [5.41, 5.74) is 1.28. The van der Waals surface area contributed by atoms with E-state index in [-0.39, 0.29) is 11.5 Å². The summed E-state index contributed by atoms with van der Waals surface area (Å²) in [7, 11) is 0. The first-order valence-corrected chi connectivity index (χ1v) is 7.00. The first-order chi connectivity index (χ1) is 9.15. The number of Topliss-reactive ketones (excluding diaryl/α,β-unsaturated/α-hetero) is 1. The number of ketones is 1. The first-order valence-electron chi connectivity index (χ1n) is 5.95. The average Bonchev–Trinajstić information content (AvgIpc) is 2.56. The molecule has 0 saturated carbocycles. The summed E-state index contributed by atoms with van der Waals surface area (Å²) in [6.07, 6.45) is 0.331. The molecule has 2 aliphatic rings. The lowest BCUT2D eigenvalue weighted by atomic mass is 9.99. The first kappa shape index (κ1) is 12.3. The van der Waals surface area contributed by atoms with Gasteiger partial charge in [-0.3, -0.25) is 9.59 Å². The summed E-state index contributed by atoms with van der Waals surface area (Å²) in [6, 6.07) is 3.42. The fourth-order valence-electron chi connectivity index (χ4n) is 2.23. The lowest BCUT2D eigenvalue weighted by Gasteiger charge is -2.20.